The van der Waals surface area contributed by atoms with E-state index >= 15 is 0 Å². The largest absolute Gasteiger partial charge is 0.278 e. The highest BCUT2D eigenvalue weighted by Gasteiger charge is 2.46. The number of hydrogen-bond donors (Lipinski definition) is 0. The van der Waals surface area contributed by atoms with E-state index in [2.05, 4.69) is 13.8 Å². The quantitative estimate of drug-likeness (QED) is 0.799. The van der Waals surface area contributed by atoms with Gasteiger partial charge in [0, 0.05) is 5.56 Å². The molecule has 1 heterocycles. The third-order valence-electron chi connectivity index (χ3n) is 3.57. The molecule has 0 bridgehead atoms. The number of hydroxylamine groups is 2. The van der Waals surface area contributed by atoms with Crippen molar-refractivity contribution >= 4 is 5.91 Å². The normalized spacial score (nSPS) is 23.0. The molecule has 3 nitrogen and oxygen atoms in total. The number of amides is 1. The zero-order valence-corrected chi connectivity index (χ0v) is 10.7. The molecule has 0 aromatic heterocycles. The molecular weight excluding hydrogens is 214 g/mol. The summed E-state index contributed by atoms with van der Waals surface area (Å²) >= 11 is 0. The Bertz CT molecular complexity index is 430. The Balaban J connectivity index is 2.45. The van der Waals surface area contributed by atoms with Crippen molar-refractivity contribution in [2.75, 3.05) is 7.11 Å². The first-order chi connectivity index (χ1) is 8.15. The second-order valence-electron chi connectivity index (χ2n) is 4.71. The molecule has 0 aliphatic carbocycles. The Labute approximate surface area is 102 Å². The summed E-state index contributed by atoms with van der Waals surface area (Å²) in [4.78, 5) is 17.5. The van der Waals surface area contributed by atoms with Crippen molar-refractivity contribution < 1.29 is 9.63 Å². The van der Waals surface area contributed by atoms with Gasteiger partial charge in [0.15, 0.2) is 0 Å². The molecule has 0 saturated heterocycles. The Morgan fingerprint density at radius 2 is 2.06 bits per heavy atom. The molecule has 1 atom stereocenters. The van der Waals surface area contributed by atoms with Crippen LogP contribution in [0.1, 0.15) is 49.0 Å². The molecule has 3 heteroatoms. The summed E-state index contributed by atoms with van der Waals surface area (Å²) in [6.45, 7) is 4.24. The van der Waals surface area contributed by atoms with Crippen LogP contribution >= 0.6 is 0 Å². The highest BCUT2D eigenvalue weighted by molar-refractivity contribution is 5.99. The average molecular weight is 233 g/mol. The number of unbranched alkanes of at least 4 members (excludes halogenated alkanes) is 1. The monoisotopic (exact) mass is 233 g/mol. The lowest BCUT2D eigenvalue weighted by Crippen LogP contribution is -2.40. The van der Waals surface area contributed by atoms with Gasteiger partial charge in [0.05, 0.1) is 12.6 Å². The van der Waals surface area contributed by atoms with Crippen molar-refractivity contribution in [1.29, 1.82) is 0 Å². The van der Waals surface area contributed by atoms with Gasteiger partial charge >= 0.3 is 0 Å². The number of carbonyl (C=O) groups is 1. The first-order valence-electron chi connectivity index (χ1n) is 6.13. The van der Waals surface area contributed by atoms with Crippen LogP contribution < -0.4 is 0 Å². The average Bonchev–Trinajstić information content (AvgIpc) is 2.57. The SMILES string of the molecule is CCCCC1(C)c2ccccc2C(=O)N1OC. The van der Waals surface area contributed by atoms with Crippen molar-refractivity contribution in [1.82, 2.24) is 5.06 Å². The summed E-state index contributed by atoms with van der Waals surface area (Å²) in [5.41, 5.74) is 1.53. The van der Waals surface area contributed by atoms with E-state index in [-0.39, 0.29) is 11.4 Å². The van der Waals surface area contributed by atoms with Crippen LogP contribution in [0.25, 0.3) is 0 Å². The van der Waals surface area contributed by atoms with E-state index in [0.717, 1.165) is 30.4 Å². The van der Waals surface area contributed by atoms with Crippen LogP contribution in [-0.2, 0) is 10.4 Å². The zero-order chi connectivity index (χ0) is 12.5. The van der Waals surface area contributed by atoms with Crippen molar-refractivity contribution in [3.63, 3.8) is 0 Å². The fourth-order valence-electron chi connectivity index (χ4n) is 2.62. The Kier molecular flexibility index (Phi) is 3.20. The van der Waals surface area contributed by atoms with Crippen molar-refractivity contribution in [2.24, 2.45) is 0 Å². The van der Waals surface area contributed by atoms with E-state index < -0.39 is 0 Å². The third-order valence-corrected chi connectivity index (χ3v) is 3.57. The molecule has 1 aromatic carbocycles. The van der Waals surface area contributed by atoms with Crippen LogP contribution in [0, 0.1) is 0 Å². The number of hydrogen-bond acceptors (Lipinski definition) is 2. The third kappa shape index (κ3) is 1.75. The standard InChI is InChI=1S/C14H19NO2/c1-4-5-10-14(2)12-9-7-6-8-11(12)13(16)15(14)17-3/h6-9H,4-5,10H2,1-3H3. The molecule has 1 amide bonds. The molecule has 0 N–H and O–H groups in total. The van der Waals surface area contributed by atoms with E-state index in [1.807, 2.05) is 24.3 Å². The van der Waals surface area contributed by atoms with Gasteiger partial charge in [-0.05, 0) is 25.0 Å². The first-order valence-corrected chi connectivity index (χ1v) is 6.13. The van der Waals surface area contributed by atoms with Gasteiger partial charge in [-0.15, -0.1) is 0 Å². The van der Waals surface area contributed by atoms with Gasteiger partial charge in [-0.1, -0.05) is 38.0 Å². The Hall–Kier alpha value is -1.35. The van der Waals surface area contributed by atoms with E-state index in [0.29, 0.717) is 0 Å². The van der Waals surface area contributed by atoms with Crippen LogP contribution in [0.2, 0.25) is 0 Å². The highest BCUT2D eigenvalue weighted by Crippen LogP contribution is 2.42. The number of fused-ring (bicyclic) bond motifs is 1. The maximum atomic E-state index is 12.2. The lowest BCUT2D eigenvalue weighted by atomic mass is 9.87. The molecule has 1 aromatic rings. The van der Waals surface area contributed by atoms with Gasteiger partial charge in [-0.2, -0.15) is 0 Å². The van der Waals surface area contributed by atoms with E-state index in [1.165, 1.54) is 5.06 Å². The molecule has 1 aliphatic heterocycles. The molecule has 1 aliphatic rings. The number of nitrogens with zero attached hydrogens (tertiary/aromatic N) is 1. The summed E-state index contributed by atoms with van der Waals surface area (Å²) < 4.78 is 0. The lowest BCUT2D eigenvalue weighted by Gasteiger charge is -2.33. The summed E-state index contributed by atoms with van der Waals surface area (Å²) in [6, 6.07) is 7.79. The minimum atomic E-state index is -0.321. The molecule has 0 radical (unpaired) electrons. The van der Waals surface area contributed by atoms with Crippen LogP contribution in [0.3, 0.4) is 0 Å². The van der Waals surface area contributed by atoms with Gasteiger partial charge in [-0.3, -0.25) is 9.63 Å². The van der Waals surface area contributed by atoms with Gasteiger partial charge in [0.2, 0.25) is 0 Å². The van der Waals surface area contributed by atoms with E-state index in [9.17, 15) is 4.79 Å². The first kappa shape index (κ1) is 12.1. The van der Waals surface area contributed by atoms with Crippen molar-refractivity contribution in [3.8, 4) is 0 Å². The maximum Gasteiger partial charge on any atom is 0.278 e. The predicted molar refractivity (Wildman–Crippen MR) is 66.5 cm³/mol. The molecule has 0 spiro atoms. The number of rotatable bonds is 4. The molecule has 17 heavy (non-hydrogen) atoms. The molecule has 1 unspecified atom stereocenters. The molecule has 2 rings (SSSR count). The smallest absolute Gasteiger partial charge is 0.273 e. The van der Waals surface area contributed by atoms with E-state index in [1.54, 1.807) is 7.11 Å². The fraction of sp³-hybridized carbons (Fsp3) is 0.500. The predicted octanol–water partition coefficient (Wildman–Crippen LogP) is 3.11. The summed E-state index contributed by atoms with van der Waals surface area (Å²) in [7, 11) is 1.56. The van der Waals surface area contributed by atoms with Crippen molar-refractivity contribution in [2.45, 2.75) is 38.6 Å². The van der Waals surface area contributed by atoms with Gasteiger partial charge < -0.3 is 0 Å². The molecule has 0 fully saturated rings. The number of benzene rings is 1. The summed E-state index contributed by atoms with van der Waals surface area (Å²) in [5.74, 6) is -0.0262. The second-order valence-corrected chi connectivity index (χ2v) is 4.71. The Morgan fingerprint density at radius 1 is 1.35 bits per heavy atom. The van der Waals surface area contributed by atoms with Crippen LogP contribution in [0.15, 0.2) is 24.3 Å². The van der Waals surface area contributed by atoms with Gasteiger partial charge in [0.1, 0.15) is 0 Å². The van der Waals surface area contributed by atoms with Gasteiger partial charge in [0.25, 0.3) is 5.91 Å². The summed E-state index contributed by atoms with van der Waals surface area (Å²) in [6.07, 6.45) is 3.13. The lowest BCUT2D eigenvalue weighted by molar-refractivity contribution is -0.156. The summed E-state index contributed by atoms with van der Waals surface area (Å²) in [5, 5.41) is 1.52. The molecular formula is C14H19NO2. The maximum absolute atomic E-state index is 12.2. The van der Waals surface area contributed by atoms with Crippen molar-refractivity contribution in [3.05, 3.63) is 35.4 Å². The van der Waals surface area contributed by atoms with Crippen LogP contribution in [0.5, 0.6) is 0 Å². The topological polar surface area (TPSA) is 29.5 Å². The highest BCUT2D eigenvalue weighted by atomic mass is 16.7. The Morgan fingerprint density at radius 3 is 2.71 bits per heavy atom. The zero-order valence-electron chi connectivity index (χ0n) is 10.7. The minimum absolute atomic E-state index is 0.0262. The fourth-order valence-corrected chi connectivity index (χ4v) is 2.62. The van der Waals surface area contributed by atoms with E-state index in [4.69, 9.17) is 4.84 Å². The van der Waals surface area contributed by atoms with Crippen LogP contribution in [0.4, 0.5) is 0 Å². The molecule has 0 saturated carbocycles. The number of carbonyl (C=O) groups excluding carboxylic acids is 1. The van der Waals surface area contributed by atoms with Gasteiger partial charge in [-0.25, -0.2) is 5.06 Å². The minimum Gasteiger partial charge on any atom is -0.273 e. The second kappa shape index (κ2) is 4.49. The van der Waals surface area contributed by atoms with Crippen LogP contribution in [-0.4, -0.2) is 18.1 Å². The molecule has 92 valence electrons.